The van der Waals surface area contributed by atoms with Crippen LogP contribution in [-0.2, 0) is 6.54 Å². The maximum atomic E-state index is 4.36. The van der Waals surface area contributed by atoms with E-state index in [9.17, 15) is 0 Å². The number of anilines is 1. The number of rotatable bonds is 4. The fraction of sp³-hybridized carbons (Fsp3) is 0.167. The Kier molecular flexibility index (Phi) is 4.02. The summed E-state index contributed by atoms with van der Waals surface area (Å²) in [4.78, 5) is 4.36. The Balaban J connectivity index is 1.75. The van der Waals surface area contributed by atoms with Crippen molar-refractivity contribution in [3.63, 3.8) is 0 Å². The molecule has 0 fully saturated rings. The van der Waals surface area contributed by atoms with Crippen LogP contribution in [0.5, 0.6) is 0 Å². The van der Waals surface area contributed by atoms with Gasteiger partial charge >= 0.3 is 0 Å². The van der Waals surface area contributed by atoms with Gasteiger partial charge in [0.1, 0.15) is 5.01 Å². The molecule has 0 aliphatic carbocycles. The van der Waals surface area contributed by atoms with E-state index in [2.05, 4.69) is 66.6 Å². The topological polar surface area (TPSA) is 24.9 Å². The summed E-state index contributed by atoms with van der Waals surface area (Å²) in [5.41, 5.74) is 6.22. The van der Waals surface area contributed by atoms with Crippen molar-refractivity contribution in [1.29, 1.82) is 0 Å². The fourth-order valence-corrected chi connectivity index (χ4v) is 3.14. The molecule has 21 heavy (non-hydrogen) atoms. The van der Waals surface area contributed by atoms with Crippen LogP contribution in [0.4, 0.5) is 5.69 Å². The lowest BCUT2D eigenvalue weighted by Gasteiger charge is -2.09. The summed E-state index contributed by atoms with van der Waals surface area (Å²) >= 11 is 1.66. The third-order valence-electron chi connectivity index (χ3n) is 3.32. The molecular formula is C18H18N2S. The van der Waals surface area contributed by atoms with Gasteiger partial charge in [-0.05, 0) is 31.5 Å². The average molecular weight is 294 g/mol. The van der Waals surface area contributed by atoms with E-state index in [-0.39, 0.29) is 0 Å². The van der Waals surface area contributed by atoms with Crippen LogP contribution < -0.4 is 5.32 Å². The van der Waals surface area contributed by atoms with Crippen LogP contribution in [0.25, 0.3) is 10.6 Å². The third-order valence-corrected chi connectivity index (χ3v) is 4.14. The molecule has 1 N–H and O–H groups in total. The molecule has 0 atom stereocenters. The first-order valence-electron chi connectivity index (χ1n) is 7.02. The molecule has 0 radical (unpaired) electrons. The second-order valence-corrected chi connectivity index (χ2v) is 6.16. The zero-order valence-electron chi connectivity index (χ0n) is 12.3. The van der Waals surface area contributed by atoms with Gasteiger partial charge in [0.2, 0.25) is 0 Å². The highest BCUT2D eigenvalue weighted by Gasteiger charge is 2.02. The van der Waals surface area contributed by atoms with E-state index in [4.69, 9.17) is 0 Å². The first kappa shape index (κ1) is 13.8. The summed E-state index contributed by atoms with van der Waals surface area (Å²) in [5.74, 6) is 0. The molecule has 2 aromatic carbocycles. The number of thiazole rings is 1. The lowest BCUT2D eigenvalue weighted by atomic mass is 10.1. The molecule has 0 unspecified atom stereocenters. The molecule has 0 saturated heterocycles. The number of benzene rings is 2. The van der Waals surface area contributed by atoms with Gasteiger partial charge in [-0.15, -0.1) is 11.3 Å². The maximum absolute atomic E-state index is 4.36. The zero-order chi connectivity index (χ0) is 14.7. The van der Waals surface area contributed by atoms with Crippen LogP contribution in [0, 0.1) is 13.8 Å². The van der Waals surface area contributed by atoms with Crippen LogP contribution in [0.15, 0.2) is 54.0 Å². The Labute approximate surface area is 129 Å². The van der Waals surface area contributed by atoms with Crippen molar-refractivity contribution in [2.45, 2.75) is 20.4 Å². The Morgan fingerprint density at radius 3 is 2.57 bits per heavy atom. The van der Waals surface area contributed by atoms with Crippen LogP contribution in [-0.4, -0.2) is 4.98 Å². The summed E-state index contributed by atoms with van der Waals surface area (Å²) < 4.78 is 0. The summed E-state index contributed by atoms with van der Waals surface area (Å²) in [7, 11) is 0. The summed E-state index contributed by atoms with van der Waals surface area (Å²) in [6, 6.07) is 15.1. The Hall–Kier alpha value is -2.13. The molecule has 3 heteroatoms. The largest absolute Gasteiger partial charge is 0.381 e. The first-order valence-corrected chi connectivity index (χ1v) is 7.90. The van der Waals surface area contributed by atoms with Gasteiger partial charge in [-0.3, -0.25) is 0 Å². The molecule has 0 aliphatic rings. The normalized spacial score (nSPS) is 10.6. The zero-order valence-corrected chi connectivity index (χ0v) is 13.1. The minimum atomic E-state index is 0.837. The van der Waals surface area contributed by atoms with Crippen LogP contribution in [0.2, 0.25) is 0 Å². The van der Waals surface area contributed by atoms with E-state index < -0.39 is 0 Å². The number of hydrogen-bond acceptors (Lipinski definition) is 3. The third kappa shape index (κ3) is 3.50. The van der Waals surface area contributed by atoms with Gasteiger partial charge in [-0.25, -0.2) is 4.98 Å². The molecule has 2 nitrogen and oxygen atoms in total. The van der Waals surface area contributed by atoms with Crippen LogP contribution >= 0.6 is 11.3 Å². The lowest BCUT2D eigenvalue weighted by molar-refractivity contribution is 1.13. The molecule has 1 aromatic heterocycles. The smallest absolute Gasteiger partial charge is 0.123 e. The van der Waals surface area contributed by atoms with E-state index in [1.807, 2.05) is 11.6 Å². The molecule has 0 saturated carbocycles. The van der Waals surface area contributed by atoms with Crippen molar-refractivity contribution < 1.29 is 0 Å². The minimum absolute atomic E-state index is 0.837. The monoisotopic (exact) mass is 294 g/mol. The number of nitrogens with one attached hydrogen (secondary N) is 1. The molecule has 3 rings (SSSR count). The fourth-order valence-electron chi connectivity index (χ4n) is 2.50. The molecular weight excluding hydrogens is 276 g/mol. The highest BCUT2D eigenvalue weighted by Crippen LogP contribution is 2.24. The second kappa shape index (κ2) is 6.10. The van der Waals surface area contributed by atoms with E-state index >= 15 is 0 Å². The molecule has 0 amide bonds. The van der Waals surface area contributed by atoms with Gasteiger partial charge in [0.15, 0.2) is 0 Å². The quantitative estimate of drug-likeness (QED) is 0.729. The minimum Gasteiger partial charge on any atom is -0.381 e. The molecule has 106 valence electrons. The maximum Gasteiger partial charge on any atom is 0.123 e. The van der Waals surface area contributed by atoms with Gasteiger partial charge in [0.05, 0.1) is 0 Å². The Bertz CT molecular complexity index is 712. The lowest BCUT2D eigenvalue weighted by Crippen LogP contribution is -2.00. The van der Waals surface area contributed by atoms with Crippen molar-refractivity contribution in [2.75, 3.05) is 5.32 Å². The molecule has 0 bridgehead atoms. The number of aryl methyl sites for hydroxylation is 2. The Morgan fingerprint density at radius 2 is 1.86 bits per heavy atom. The molecule has 0 aliphatic heterocycles. The van der Waals surface area contributed by atoms with E-state index in [0.717, 1.165) is 22.8 Å². The number of hydrogen-bond donors (Lipinski definition) is 1. The van der Waals surface area contributed by atoms with Gasteiger partial charge < -0.3 is 5.32 Å². The SMILES string of the molecule is Cc1cc(C)cc(CNc2cccc(-c3nccs3)c2)c1. The predicted molar refractivity (Wildman–Crippen MR) is 90.8 cm³/mol. The van der Waals surface area contributed by atoms with E-state index in [1.165, 1.54) is 16.7 Å². The van der Waals surface area contributed by atoms with Gasteiger partial charge in [-0.2, -0.15) is 0 Å². The van der Waals surface area contributed by atoms with Crippen LogP contribution in [0.3, 0.4) is 0 Å². The van der Waals surface area contributed by atoms with Gasteiger partial charge in [0.25, 0.3) is 0 Å². The van der Waals surface area contributed by atoms with Crippen molar-refractivity contribution in [2.24, 2.45) is 0 Å². The Morgan fingerprint density at radius 1 is 1.05 bits per heavy atom. The second-order valence-electron chi connectivity index (χ2n) is 5.27. The summed E-state index contributed by atoms with van der Waals surface area (Å²) in [6.07, 6.45) is 1.84. The molecule has 3 aromatic rings. The van der Waals surface area contributed by atoms with Crippen molar-refractivity contribution in [1.82, 2.24) is 4.98 Å². The van der Waals surface area contributed by atoms with E-state index in [1.54, 1.807) is 11.3 Å². The average Bonchev–Trinajstić information content (AvgIpc) is 2.99. The number of aromatic nitrogens is 1. The van der Waals surface area contributed by atoms with Crippen molar-refractivity contribution >= 4 is 17.0 Å². The van der Waals surface area contributed by atoms with Gasteiger partial charge in [-0.1, -0.05) is 41.5 Å². The van der Waals surface area contributed by atoms with Crippen molar-refractivity contribution in [3.8, 4) is 10.6 Å². The van der Waals surface area contributed by atoms with Gasteiger partial charge in [0, 0.05) is 29.4 Å². The highest BCUT2D eigenvalue weighted by atomic mass is 32.1. The summed E-state index contributed by atoms with van der Waals surface area (Å²) in [5, 5.41) is 6.56. The van der Waals surface area contributed by atoms with Crippen molar-refractivity contribution in [3.05, 3.63) is 70.7 Å². The predicted octanol–water partition coefficient (Wildman–Crippen LogP) is 5.04. The molecule has 1 heterocycles. The summed E-state index contributed by atoms with van der Waals surface area (Å²) in [6.45, 7) is 5.11. The van der Waals surface area contributed by atoms with E-state index in [0.29, 0.717) is 0 Å². The number of nitrogens with zero attached hydrogens (tertiary/aromatic N) is 1. The van der Waals surface area contributed by atoms with Crippen LogP contribution in [0.1, 0.15) is 16.7 Å². The standard InChI is InChI=1S/C18H18N2S/c1-13-8-14(2)10-15(9-13)12-20-17-5-3-4-16(11-17)18-19-6-7-21-18/h3-11,20H,12H2,1-2H3. The molecule has 0 spiro atoms. The first-order chi connectivity index (χ1) is 10.2. The highest BCUT2D eigenvalue weighted by molar-refractivity contribution is 7.13.